The molecule has 0 saturated carbocycles. The molecule has 9 heavy (non-hydrogen) atoms. The number of amides is 1. The summed E-state index contributed by atoms with van der Waals surface area (Å²) in [7, 11) is 0. The average molecular weight is 168 g/mol. The normalized spacial score (nSPS) is 8.78. The molecule has 0 aromatic rings. The van der Waals surface area contributed by atoms with Crippen LogP contribution in [0, 0.1) is 0 Å². The number of nitrogens with one attached hydrogen (secondary N) is 1. The van der Waals surface area contributed by atoms with Crippen molar-refractivity contribution in [2.45, 2.75) is 6.92 Å². The van der Waals surface area contributed by atoms with Gasteiger partial charge >= 0.3 is 6.09 Å². The van der Waals surface area contributed by atoms with Gasteiger partial charge in [-0.3, -0.25) is 0 Å². The predicted molar refractivity (Wildman–Crippen MR) is 40.0 cm³/mol. The van der Waals surface area contributed by atoms with Crippen molar-refractivity contribution in [3.8, 4) is 0 Å². The van der Waals surface area contributed by atoms with Crippen LogP contribution < -0.4 is 4.83 Å². The number of ether oxygens (including phenoxy) is 1. The molecule has 4 nitrogen and oxygen atoms in total. The number of carbonyl (C=O) groups is 1. The Hall–Kier alpha value is -0.0700. The third kappa shape index (κ3) is 3.50. The minimum Gasteiger partial charge on any atom is -0.448 e. The Labute approximate surface area is 64.6 Å². The van der Waals surface area contributed by atoms with E-state index in [0.29, 0.717) is 6.61 Å². The van der Waals surface area contributed by atoms with Crippen LogP contribution in [0.1, 0.15) is 6.92 Å². The number of carbonyl (C=O) groups excluding carboxylic acids is 1. The molecule has 0 fully saturated rings. The summed E-state index contributed by atoms with van der Waals surface area (Å²) < 4.78 is 5.32. The molecule has 0 aliphatic heterocycles. The van der Waals surface area contributed by atoms with Crippen LogP contribution in [0.2, 0.25) is 0 Å². The van der Waals surface area contributed by atoms with Crippen molar-refractivity contribution in [2.24, 2.45) is 0 Å². The van der Waals surface area contributed by atoms with Crippen molar-refractivity contribution >= 4 is 31.7 Å². The smallest absolute Gasteiger partial charge is 0.435 e. The number of hydrogen-bond acceptors (Lipinski definition) is 5. The minimum atomic E-state index is -0.573. The highest BCUT2D eigenvalue weighted by Crippen LogP contribution is 1.92. The number of thiol groups is 2. The molecule has 6 heteroatoms. The SMILES string of the molecule is CCOC(=O)N(S)NS. The fourth-order valence-electron chi connectivity index (χ4n) is 0.225. The van der Waals surface area contributed by atoms with Crippen LogP contribution in [0.15, 0.2) is 0 Å². The van der Waals surface area contributed by atoms with Gasteiger partial charge in [0.15, 0.2) is 0 Å². The Morgan fingerprint density at radius 3 is 2.78 bits per heavy atom. The zero-order valence-corrected chi connectivity index (χ0v) is 6.65. The molecule has 0 aliphatic rings. The lowest BCUT2D eigenvalue weighted by Gasteiger charge is -2.10. The van der Waals surface area contributed by atoms with Crippen LogP contribution in [-0.4, -0.2) is 17.1 Å². The van der Waals surface area contributed by atoms with E-state index in [0.717, 1.165) is 4.41 Å². The maximum absolute atomic E-state index is 10.5. The second-order valence-electron chi connectivity index (χ2n) is 1.11. The highest BCUT2D eigenvalue weighted by atomic mass is 32.1. The van der Waals surface area contributed by atoms with Crippen LogP contribution in [0.4, 0.5) is 4.79 Å². The van der Waals surface area contributed by atoms with Gasteiger partial charge in [-0.15, -0.1) is 0 Å². The zero-order chi connectivity index (χ0) is 7.28. The molecule has 0 spiro atoms. The third-order valence-electron chi connectivity index (χ3n) is 0.535. The van der Waals surface area contributed by atoms with E-state index in [1.807, 2.05) is 0 Å². The van der Waals surface area contributed by atoms with Gasteiger partial charge in [0.1, 0.15) is 0 Å². The Morgan fingerprint density at radius 2 is 2.44 bits per heavy atom. The Bertz CT molecular complexity index is 99.8. The Kier molecular flexibility index (Phi) is 4.74. The Balaban J connectivity index is 3.46. The molecule has 1 N–H and O–H groups in total. The summed E-state index contributed by atoms with van der Waals surface area (Å²) in [6.07, 6.45) is -0.573. The molecule has 0 saturated heterocycles. The number of rotatable bonds is 2. The maximum atomic E-state index is 10.5. The maximum Gasteiger partial charge on any atom is 0.435 e. The van der Waals surface area contributed by atoms with E-state index in [2.05, 4.69) is 35.2 Å². The lowest BCUT2D eigenvalue weighted by Crippen LogP contribution is -2.29. The van der Waals surface area contributed by atoms with Gasteiger partial charge < -0.3 is 4.74 Å². The molecule has 0 aliphatic carbocycles. The fourth-order valence-corrected chi connectivity index (χ4v) is 0.365. The lowest BCUT2D eigenvalue weighted by molar-refractivity contribution is 0.131. The van der Waals surface area contributed by atoms with E-state index >= 15 is 0 Å². The number of hydrazine groups is 1. The van der Waals surface area contributed by atoms with Gasteiger partial charge in [0.2, 0.25) is 0 Å². The first-order chi connectivity index (χ1) is 4.22. The van der Waals surface area contributed by atoms with Gasteiger partial charge in [-0.05, 0) is 19.7 Å². The quantitative estimate of drug-likeness (QED) is 0.418. The first-order valence-corrected chi connectivity index (χ1v) is 3.12. The second-order valence-corrected chi connectivity index (χ2v) is 1.71. The average Bonchev–Trinajstić information content (AvgIpc) is 1.87. The highest BCUT2D eigenvalue weighted by molar-refractivity contribution is 7.81. The third-order valence-corrected chi connectivity index (χ3v) is 1.16. The molecule has 0 unspecified atom stereocenters. The molecule has 0 aromatic heterocycles. The first kappa shape index (κ1) is 8.93. The van der Waals surface area contributed by atoms with Gasteiger partial charge in [-0.2, -0.15) is 9.25 Å². The Morgan fingerprint density at radius 1 is 1.89 bits per heavy atom. The summed E-state index contributed by atoms with van der Waals surface area (Å²) in [5.41, 5.74) is 0. The van der Waals surface area contributed by atoms with E-state index < -0.39 is 6.09 Å². The van der Waals surface area contributed by atoms with E-state index in [1.165, 1.54) is 0 Å². The molecule has 0 atom stereocenters. The van der Waals surface area contributed by atoms with Crippen LogP contribution in [-0.2, 0) is 4.74 Å². The number of hydrogen-bond donors (Lipinski definition) is 3. The monoisotopic (exact) mass is 168 g/mol. The van der Waals surface area contributed by atoms with E-state index in [-0.39, 0.29) is 0 Å². The highest BCUT2D eigenvalue weighted by Gasteiger charge is 2.06. The first-order valence-electron chi connectivity index (χ1n) is 2.27. The van der Waals surface area contributed by atoms with Crippen LogP contribution >= 0.6 is 25.6 Å². The summed E-state index contributed by atoms with van der Waals surface area (Å²) in [6.45, 7) is 2.03. The van der Waals surface area contributed by atoms with Gasteiger partial charge in [-0.1, -0.05) is 12.8 Å². The molecular formula is C3H8N2O2S2. The summed E-state index contributed by atoms with van der Waals surface area (Å²) in [6, 6.07) is 0. The fraction of sp³-hybridized carbons (Fsp3) is 0.667. The van der Waals surface area contributed by atoms with Crippen LogP contribution in [0.25, 0.3) is 0 Å². The number of nitrogens with zero attached hydrogens (tertiary/aromatic N) is 1. The van der Waals surface area contributed by atoms with E-state index in [1.54, 1.807) is 6.92 Å². The van der Waals surface area contributed by atoms with Crippen molar-refractivity contribution in [3.63, 3.8) is 0 Å². The topological polar surface area (TPSA) is 41.6 Å². The molecule has 0 bridgehead atoms. The summed E-state index contributed by atoms with van der Waals surface area (Å²) in [5, 5.41) is 0. The minimum absolute atomic E-state index is 0.325. The van der Waals surface area contributed by atoms with E-state index in [4.69, 9.17) is 0 Å². The largest absolute Gasteiger partial charge is 0.448 e. The van der Waals surface area contributed by atoms with E-state index in [9.17, 15) is 4.79 Å². The molecule has 0 rings (SSSR count). The molecular weight excluding hydrogens is 160 g/mol. The van der Waals surface area contributed by atoms with Gasteiger partial charge in [0, 0.05) is 0 Å². The molecule has 54 valence electrons. The lowest BCUT2D eigenvalue weighted by atomic mass is 10.9. The van der Waals surface area contributed by atoms with Crippen LogP contribution in [0.3, 0.4) is 0 Å². The van der Waals surface area contributed by atoms with Crippen molar-refractivity contribution in [1.29, 1.82) is 0 Å². The predicted octanol–water partition coefficient (Wildman–Crippen LogP) is 0.639. The second kappa shape index (κ2) is 4.78. The standard InChI is InChI=1S/C3H8N2O2S2/c1-2-7-3(6)5(9)4-8/h4,8-9H,2H2,1H3. The van der Waals surface area contributed by atoms with Gasteiger partial charge in [0.05, 0.1) is 6.61 Å². The summed E-state index contributed by atoms with van der Waals surface area (Å²) in [5.74, 6) is 0. The molecule has 0 radical (unpaired) electrons. The van der Waals surface area contributed by atoms with Crippen molar-refractivity contribution in [2.75, 3.05) is 6.61 Å². The van der Waals surface area contributed by atoms with Crippen molar-refractivity contribution in [1.82, 2.24) is 9.25 Å². The summed E-state index contributed by atoms with van der Waals surface area (Å²) in [4.78, 5) is 12.7. The van der Waals surface area contributed by atoms with Crippen molar-refractivity contribution < 1.29 is 9.53 Å². The molecule has 1 amide bonds. The van der Waals surface area contributed by atoms with Crippen molar-refractivity contribution in [3.05, 3.63) is 0 Å². The molecule has 0 aromatic carbocycles. The van der Waals surface area contributed by atoms with Gasteiger partial charge in [-0.25, -0.2) is 4.79 Å². The van der Waals surface area contributed by atoms with Crippen LogP contribution in [0.5, 0.6) is 0 Å². The summed E-state index contributed by atoms with van der Waals surface area (Å²) >= 11 is 7.18. The molecule has 0 heterocycles. The zero-order valence-electron chi connectivity index (χ0n) is 4.87. The van der Waals surface area contributed by atoms with Gasteiger partial charge in [0.25, 0.3) is 0 Å².